The molecule has 0 fully saturated rings. The van der Waals surface area contributed by atoms with E-state index in [2.05, 4.69) is 81.9 Å². The molecule has 220 valence electrons. The third kappa shape index (κ3) is 5.22. The van der Waals surface area contributed by atoms with E-state index in [4.69, 9.17) is 23.7 Å². The Hall–Kier alpha value is -3.72. The molecule has 2 aromatic heterocycles. The molecule has 7 heteroatoms. The van der Waals surface area contributed by atoms with E-state index in [1.54, 1.807) is 0 Å². The number of rotatable bonds is 0. The van der Waals surface area contributed by atoms with E-state index in [0.29, 0.717) is 66.1 Å². The highest BCUT2D eigenvalue weighted by atomic mass is 16.5. The zero-order valence-corrected chi connectivity index (χ0v) is 24.3. The summed E-state index contributed by atoms with van der Waals surface area (Å²) in [5, 5.41) is 4.92. The van der Waals surface area contributed by atoms with Gasteiger partial charge < -0.3 is 32.8 Å². The molecule has 6 heterocycles. The van der Waals surface area contributed by atoms with Crippen molar-refractivity contribution < 1.29 is 23.7 Å². The summed E-state index contributed by atoms with van der Waals surface area (Å²) in [5.41, 5.74) is 9.47. The molecule has 0 N–H and O–H groups in total. The molecule has 0 amide bonds. The third-order valence-corrected chi connectivity index (χ3v) is 8.72. The summed E-state index contributed by atoms with van der Waals surface area (Å²) < 4.78 is 35.1. The Labute approximate surface area is 250 Å². The minimum absolute atomic E-state index is 0.551. The monoisotopic (exact) mass is 576 g/mol. The summed E-state index contributed by atoms with van der Waals surface area (Å²) in [6, 6.07) is 26.8. The zero-order valence-electron chi connectivity index (χ0n) is 24.3. The number of benzene rings is 4. The largest absolute Gasteiger partial charge is 0.377 e. The van der Waals surface area contributed by atoms with Crippen molar-refractivity contribution in [1.29, 1.82) is 0 Å². The molecule has 14 bridgehead atoms. The quantitative estimate of drug-likeness (QED) is 0.201. The van der Waals surface area contributed by atoms with Crippen molar-refractivity contribution in [3.8, 4) is 0 Å². The average molecular weight is 577 g/mol. The third-order valence-electron chi connectivity index (χ3n) is 8.72. The van der Waals surface area contributed by atoms with Gasteiger partial charge in [-0.3, -0.25) is 0 Å². The highest BCUT2D eigenvalue weighted by Gasteiger charge is 2.15. The predicted molar refractivity (Wildman–Crippen MR) is 168 cm³/mol. The second kappa shape index (κ2) is 11.8. The molecule has 4 aliphatic heterocycles. The van der Waals surface area contributed by atoms with E-state index < -0.39 is 0 Å². The minimum atomic E-state index is 0.551. The van der Waals surface area contributed by atoms with Crippen molar-refractivity contribution in [2.75, 3.05) is 39.6 Å². The molecule has 0 saturated carbocycles. The molecule has 43 heavy (non-hydrogen) atoms. The number of aromatic nitrogens is 2. The molecule has 10 rings (SSSR count). The van der Waals surface area contributed by atoms with Crippen LogP contribution < -0.4 is 0 Å². The first-order valence-corrected chi connectivity index (χ1v) is 15.3. The van der Waals surface area contributed by atoms with Crippen LogP contribution in [0, 0.1) is 0 Å². The lowest BCUT2D eigenvalue weighted by Crippen LogP contribution is -2.13. The van der Waals surface area contributed by atoms with Crippen LogP contribution in [0.4, 0.5) is 0 Å². The molecular weight excluding hydrogens is 540 g/mol. The van der Waals surface area contributed by atoms with Gasteiger partial charge in [-0.25, -0.2) is 0 Å². The van der Waals surface area contributed by atoms with E-state index >= 15 is 0 Å². The summed E-state index contributed by atoms with van der Waals surface area (Å²) >= 11 is 0. The molecular formula is C36H36N2O5. The van der Waals surface area contributed by atoms with Gasteiger partial charge in [-0.05, 0) is 70.8 Å². The van der Waals surface area contributed by atoms with Crippen molar-refractivity contribution in [2.24, 2.45) is 0 Å². The van der Waals surface area contributed by atoms with Gasteiger partial charge >= 0.3 is 0 Å². The van der Waals surface area contributed by atoms with Crippen LogP contribution in [0.25, 0.3) is 43.6 Å². The zero-order chi connectivity index (χ0) is 28.6. The van der Waals surface area contributed by atoms with Crippen molar-refractivity contribution >= 4 is 43.6 Å². The molecule has 0 saturated heterocycles. The number of hydrogen-bond donors (Lipinski definition) is 0. The summed E-state index contributed by atoms with van der Waals surface area (Å²) in [7, 11) is 0. The van der Waals surface area contributed by atoms with Crippen LogP contribution in [0.2, 0.25) is 0 Å². The Balaban J connectivity index is 1.25. The van der Waals surface area contributed by atoms with Gasteiger partial charge in [0.15, 0.2) is 0 Å². The SMILES string of the molecule is c1cc2c3cc1COCc1ccc4c(c1)c1cc5ccc1n4CCOCCOCCOCCn2c1ccc(cc31)COC5. The first-order chi connectivity index (χ1) is 21.3. The molecule has 0 unspecified atom stereocenters. The first-order valence-electron chi connectivity index (χ1n) is 15.3. The van der Waals surface area contributed by atoms with Gasteiger partial charge in [0.1, 0.15) is 0 Å². The second-order valence-corrected chi connectivity index (χ2v) is 11.5. The van der Waals surface area contributed by atoms with Crippen molar-refractivity contribution in [3.63, 3.8) is 0 Å². The molecule has 0 aliphatic carbocycles. The number of nitrogens with zero attached hydrogens (tertiary/aromatic N) is 2. The van der Waals surface area contributed by atoms with Crippen LogP contribution in [0.5, 0.6) is 0 Å². The maximum atomic E-state index is 6.31. The standard InChI is InChI=1S/C36H36N2O5/c1-5-33-29-17-25(1)21-42-22-26-3-7-35-31(19-26)32-20-28-4-8-36(32)38(35)10-12-40-14-16-41-15-13-39-11-9-37(33)34-6-2-27(18-30(29)34)23-43-24-28/h1-8,17-20H,9-16,21-24H2. The molecule has 0 atom stereocenters. The lowest BCUT2D eigenvalue weighted by molar-refractivity contribution is 0.0123. The lowest BCUT2D eigenvalue weighted by atomic mass is 10.1. The van der Waals surface area contributed by atoms with Gasteiger partial charge in [-0.1, -0.05) is 24.3 Å². The summed E-state index contributed by atoms with van der Waals surface area (Å²) in [4.78, 5) is 0. The Morgan fingerprint density at radius 1 is 0.349 bits per heavy atom. The van der Waals surface area contributed by atoms with Gasteiger partial charge in [0.25, 0.3) is 0 Å². The Kier molecular flexibility index (Phi) is 7.35. The summed E-state index contributed by atoms with van der Waals surface area (Å²) in [6.45, 7) is 7.20. The number of fused-ring (bicyclic) bond motifs is 4. The summed E-state index contributed by atoms with van der Waals surface area (Å²) in [5.74, 6) is 0. The highest BCUT2D eigenvalue weighted by Crippen LogP contribution is 2.33. The molecule has 6 aromatic rings. The number of ether oxygens (including phenoxy) is 5. The second-order valence-electron chi connectivity index (χ2n) is 11.5. The Morgan fingerprint density at radius 3 is 0.977 bits per heavy atom. The fraction of sp³-hybridized carbons (Fsp3) is 0.333. The smallest absolute Gasteiger partial charge is 0.0721 e. The maximum Gasteiger partial charge on any atom is 0.0721 e. The van der Waals surface area contributed by atoms with Crippen LogP contribution in [0.3, 0.4) is 0 Å². The van der Waals surface area contributed by atoms with Crippen LogP contribution in [0.1, 0.15) is 22.3 Å². The highest BCUT2D eigenvalue weighted by molar-refractivity contribution is 6.09. The fourth-order valence-electron chi connectivity index (χ4n) is 6.66. The lowest BCUT2D eigenvalue weighted by Gasteiger charge is -2.11. The van der Waals surface area contributed by atoms with Crippen molar-refractivity contribution in [3.05, 3.63) is 95.1 Å². The fourth-order valence-corrected chi connectivity index (χ4v) is 6.66. The molecule has 4 aliphatic rings. The van der Waals surface area contributed by atoms with E-state index in [1.165, 1.54) is 65.9 Å². The Bertz CT molecular complexity index is 1680. The van der Waals surface area contributed by atoms with Crippen LogP contribution in [-0.2, 0) is 63.2 Å². The predicted octanol–water partition coefficient (Wildman–Crippen LogP) is 6.71. The van der Waals surface area contributed by atoms with E-state index in [0.717, 1.165) is 13.1 Å². The summed E-state index contributed by atoms with van der Waals surface area (Å²) in [6.07, 6.45) is 0. The van der Waals surface area contributed by atoms with Gasteiger partial charge in [-0.15, -0.1) is 0 Å². The topological polar surface area (TPSA) is 56.0 Å². The van der Waals surface area contributed by atoms with Crippen LogP contribution >= 0.6 is 0 Å². The minimum Gasteiger partial charge on any atom is -0.377 e. The van der Waals surface area contributed by atoms with Gasteiger partial charge in [0, 0.05) is 56.7 Å². The van der Waals surface area contributed by atoms with E-state index in [1.807, 2.05) is 0 Å². The average Bonchev–Trinajstić information content (AvgIpc) is 3.50. The molecule has 0 radical (unpaired) electrons. The molecule has 7 nitrogen and oxygen atoms in total. The number of hydrogen-bond acceptors (Lipinski definition) is 5. The first kappa shape index (κ1) is 26.9. The van der Waals surface area contributed by atoms with E-state index in [9.17, 15) is 0 Å². The van der Waals surface area contributed by atoms with E-state index in [-0.39, 0.29) is 0 Å². The van der Waals surface area contributed by atoms with Crippen molar-refractivity contribution in [2.45, 2.75) is 39.5 Å². The van der Waals surface area contributed by atoms with Crippen LogP contribution in [0.15, 0.2) is 72.8 Å². The molecule has 0 spiro atoms. The van der Waals surface area contributed by atoms with Gasteiger partial charge in [0.05, 0.1) is 66.1 Å². The maximum absolute atomic E-state index is 6.31. The Morgan fingerprint density at radius 2 is 0.651 bits per heavy atom. The van der Waals surface area contributed by atoms with Gasteiger partial charge in [0.2, 0.25) is 0 Å². The van der Waals surface area contributed by atoms with Crippen molar-refractivity contribution in [1.82, 2.24) is 9.13 Å². The normalized spacial score (nSPS) is 17.6. The van der Waals surface area contributed by atoms with Crippen LogP contribution in [-0.4, -0.2) is 48.8 Å². The molecule has 4 aromatic carbocycles. The van der Waals surface area contributed by atoms with Gasteiger partial charge in [-0.2, -0.15) is 0 Å².